The molecule has 0 aliphatic carbocycles. The molecule has 124 valence electrons. The van der Waals surface area contributed by atoms with Crippen LogP contribution in [-0.4, -0.2) is 27.5 Å². The molecule has 1 heterocycles. The number of carbonyl (C=O) groups is 1. The van der Waals surface area contributed by atoms with Crippen molar-refractivity contribution in [1.29, 1.82) is 0 Å². The van der Waals surface area contributed by atoms with Crippen molar-refractivity contribution in [3.05, 3.63) is 70.8 Å². The van der Waals surface area contributed by atoms with E-state index in [1.807, 2.05) is 68.6 Å². The fraction of sp³-hybridized carbons (Fsp3) is 0.263. The van der Waals surface area contributed by atoms with Crippen molar-refractivity contribution >= 4 is 23.0 Å². The van der Waals surface area contributed by atoms with Gasteiger partial charge in [0.25, 0.3) is 0 Å². The van der Waals surface area contributed by atoms with Crippen molar-refractivity contribution in [2.24, 2.45) is 4.99 Å². The van der Waals surface area contributed by atoms with Crippen LogP contribution in [0.15, 0.2) is 53.5 Å². The Morgan fingerprint density at radius 3 is 2.08 bits per heavy atom. The Morgan fingerprint density at radius 2 is 1.58 bits per heavy atom. The minimum Gasteiger partial charge on any atom is -0.465 e. The van der Waals surface area contributed by atoms with E-state index in [0.29, 0.717) is 5.17 Å². The molecule has 1 aliphatic rings. The van der Waals surface area contributed by atoms with Crippen molar-refractivity contribution in [2.75, 3.05) is 6.26 Å². The van der Waals surface area contributed by atoms with Gasteiger partial charge in [-0.15, -0.1) is 0 Å². The van der Waals surface area contributed by atoms with Crippen LogP contribution in [0.25, 0.3) is 0 Å². The van der Waals surface area contributed by atoms with E-state index in [1.165, 1.54) is 16.7 Å². The lowest BCUT2D eigenvalue weighted by Crippen LogP contribution is -2.35. The van der Waals surface area contributed by atoms with Gasteiger partial charge in [-0.2, -0.15) is 0 Å². The Labute approximate surface area is 146 Å². The number of aliphatic imine (C=N–C) groups is 1. The molecule has 0 unspecified atom stereocenters. The van der Waals surface area contributed by atoms with Crippen LogP contribution in [0.3, 0.4) is 0 Å². The molecule has 0 bridgehead atoms. The molecule has 0 saturated heterocycles. The largest absolute Gasteiger partial charge is 0.465 e. The van der Waals surface area contributed by atoms with Crippen molar-refractivity contribution in [1.82, 2.24) is 4.90 Å². The van der Waals surface area contributed by atoms with Crippen LogP contribution in [0, 0.1) is 13.8 Å². The minimum atomic E-state index is -0.965. The number of thioether (sulfide) groups is 1. The van der Waals surface area contributed by atoms with E-state index in [2.05, 4.69) is 0 Å². The van der Waals surface area contributed by atoms with E-state index in [0.717, 1.165) is 22.3 Å². The van der Waals surface area contributed by atoms with Crippen LogP contribution in [0.5, 0.6) is 0 Å². The second-order valence-electron chi connectivity index (χ2n) is 5.87. The van der Waals surface area contributed by atoms with Crippen molar-refractivity contribution in [2.45, 2.75) is 25.9 Å². The zero-order valence-corrected chi connectivity index (χ0v) is 14.7. The summed E-state index contributed by atoms with van der Waals surface area (Å²) in [5.41, 5.74) is 4.27. The molecule has 2 aromatic rings. The van der Waals surface area contributed by atoms with Gasteiger partial charge >= 0.3 is 6.09 Å². The summed E-state index contributed by atoms with van der Waals surface area (Å²) < 4.78 is 0. The average Bonchev–Trinajstić information content (AvgIpc) is 2.95. The van der Waals surface area contributed by atoms with E-state index in [9.17, 15) is 9.90 Å². The molecule has 2 atom stereocenters. The summed E-state index contributed by atoms with van der Waals surface area (Å²) in [4.78, 5) is 18.1. The Kier molecular flexibility index (Phi) is 4.62. The molecule has 0 radical (unpaired) electrons. The highest BCUT2D eigenvalue weighted by molar-refractivity contribution is 8.13. The van der Waals surface area contributed by atoms with Gasteiger partial charge in [-0.1, -0.05) is 60.3 Å². The van der Waals surface area contributed by atoms with Gasteiger partial charge in [0, 0.05) is 0 Å². The lowest BCUT2D eigenvalue weighted by Gasteiger charge is -2.28. The number of amides is 1. The highest BCUT2D eigenvalue weighted by atomic mass is 32.2. The summed E-state index contributed by atoms with van der Waals surface area (Å²) >= 11 is 1.37. The Bertz CT molecular complexity index is 803. The van der Waals surface area contributed by atoms with Gasteiger partial charge < -0.3 is 5.11 Å². The number of rotatable bonds is 2. The van der Waals surface area contributed by atoms with E-state index in [-0.39, 0.29) is 12.1 Å². The number of carboxylic acid groups (broad SMARTS) is 1. The van der Waals surface area contributed by atoms with E-state index >= 15 is 0 Å². The van der Waals surface area contributed by atoms with Gasteiger partial charge in [0.05, 0.1) is 6.04 Å². The zero-order chi connectivity index (χ0) is 17.3. The molecule has 3 rings (SSSR count). The van der Waals surface area contributed by atoms with Gasteiger partial charge in [-0.25, -0.2) is 9.69 Å². The van der Waals surface area contributed by atoms with Crippen molar-refractivity contribution < 1.29 is 9.90 Å². The lowest BCUT2D eigenvalue weighted by molar-refractivity contribution is 0.157. The van der Waals surface area contributed by atoms with Crippen LogP contribution in [-0.2, 0) is 0 Å². The van der Waals surface area contributed by atoms with Crippen LogP contribution in [0.4, 0.5) is 4.79 Å². The second-order valence-corrected chi connectivity index (χ2v) is 6.64. The fourth-order valence-electron chi connectivity index (χ4n) is 3.25. The quantitative estimate of drug-likeness (QED) is 0.854. The first-order chi connectivity index (χ1) is 11.5. The molecular weight excluding hydrogens is 320 g/mol. The molecule has 5 heteroatoms. The predicted molar refractivity (Wildman–Crippen MR) is 98.7 cm³/mol. The number of hydrogen-bond donors (Lipinski definition) is 1. The SMILES string of the molecule is CSC1=N[C@@H](c2ccccc2C)[C@@H](c2ccccc2C)N1C(=O)O. The zero-order valence-electron chi connectivity index (χ0n) is 13.9. The molecule has 1 N–H and O–H groups in total. The third-order valence-corrected chi connectivity index (χ3v) is 5.10. The topological polar surface area (TPSA) is 52.9 Å². The van der Waals surface area contributed by atoms with Gasteiger partial charge in [0.15, 0.2) is 5.17 Å². The molecule has 24 heavy (non-hydrogen) atoms. The van der Waals surface area contributed by atoms with Crippen LogP contribution in [0.1, 0.15) is 34.3 Å². The first kappa shape index (κ1) is 16.6. The maximum atomic E-state index is 12.0. The van der Waals surface area contributed by atoms with E-state index < -0.39 is 6.09 Å². The van der Waals surface area contributed by atoms with Crippen molar-refractivity contribution in [3.63, 3.8) is 0 Å². The lowest BCUT2D eigenvalue weighted by atomic mass is 9.89. The third kappa shape index (κ3) is 2.80. The summed E-state index contributed by atoms with van der Waals surface area (Å²) in [5, 5.41) is 10.3. The molecular formula is C19H20N2O2S. The fourth-order valence-corrected chi connectivity index (χ4v) is 3.86. The first-order valence-electron chi connectivity index (χ1n) is 7.79. The number of nitrogens with zero attached hydrogens (tertiary/aromatic N) is 2. The Morgan fingerprint density at radius 1 is 1.04 bits per heavy atom. The molecule has 0 fully saturated rings. The normalized spacial score (nSPS) is 20.1. The summed E-state index contributed by atoms with van der Waals surface area (Å²) in [5.74, 6) is 0. The summed E-state index contributed by atoms with van der Waals surface area (Å²) in [6.07, 6.45) is 0.900. The number of aryl methyl sites for hydroxylation is 2. The highest BCUT2D eigenvalue weighted by Crippen LogP contribution is 2.45. The highest BCUT2D eigenvalue weighted by Gasteiger charge is 2.42. The Balaban J connectivity index is 2.18. The van der Waals surface area contributed by atoms with Crippen LogP contribution in [0.2, 0.25) is 0 Å². The smallest absolute Gasteiger partial charge is 0.414 e. The molecule has 0 saturated carbocycles. The van der Waals surface area contributed by atoms with Gasteiger partial charge in [-0.3, -0.25) is 4.99 Å². The summed E-state index contributed by atoms with van der Waals surface area (Å²) in [6, 6.07) is 15.4. The molecule has 0 spiro atoms. The predicted octanol–water partition coefficient (Wildman–Crippen LogP) is 4.80. The monoisotopic (exact) mass is 340 g/mol. The summed E-state index contributed by atoms with van der Waals surface area (Å²) in [6.45, 7) is 4.06. The maximum absolute atomic E-state index is 12.0. The number of amidine groups is 1. The van der Waals surface area contributed by atoms with E-state index in [1.54, 1.807) is 0 Å². The molecule has 1 aliphatic heterocycles. The number of hydrogen-bond acceptors (Lipinski definition) is 3. The number of benzene rings is 2. The summed E-state index contributed by atoms with van der Waals surface area (Å²) in [7, 11) is 0. The average molecular weight is 340 g/mol. The molecule has 0 aromatic heterocycles. The van der Waals surface area contributed by atoms with Gasteiger partial charge in [0.1, 0.15) is 6.04 Å². The molecule has 4 nitrogen and oxygen atoms in total. The van der Waals surface area contributed by atoms with Gasteiger partial charge in [-0.05, 0) is 42.4 Å². The first-order valence-corrected chi connectivity index (χ1v) is 9.02. The minimum absolute atomic E-state index is 0.231. The second kappa shape index (κ2) is 6.69. The third-order valence-electron chi connectivity index (χ3n) is 4.44. The van der Waals surface area contributed by atoms with Crippen molar-refractivity contribution in [3.8, 4) is 0 Å². The van der Waals surface area contributed by atoms with E-state index in [4.69, 9.17) is 4.99 Å². The van der Waals surface area contributed by atoms with Gasteiger partial charge in [0.2, 0.25) is 0 Å². The van der Waals surface area contributed by atoms with Crippen LogP contribution >= 0.6 is 11.8 Å². The molecule has 1 amide bonds. The van der Waals surface area contributed by atoms with Crippen LogP contribution < -0.4 is 0 Å². The Hall–Kier alpha value is -2.27. The standard InChI is InChI=1S/C19H20N2O2S/c1-12-8-4-6-10-14(12)16-17(15-11-7-5-9-13(15)2)21(19(22)23)18(20-16)24-3/h4-11,16-17H,1-3H3,(H,22,23)/t16-,17+/m0/s1. The maximum Gasteiger partial charge on any atom is 0.414 e. The molecule has 2 aromatic carbocycles.